The molecule has 4 nitrogen and oxygen atoms in total. The van der Waals surface area contributed by atoms with Crippen molar-refractivity contribution in [3.8, 4) is 0 Å². The first-order chi connectivity index (χ1) is 9.97. The highest BCUT2D eigenvalue weighted by atomic mass is 35.5. The minimum Gasteiger partial charge on any atom is -0.397 e. The van der Waals surface area contributed by atoms with Crippen LogP contribution in [0.15, 0.2) is 12.1 Å². The Kier molecular flexibility index (Phi) is 7.86. The molecule has 0 aromatic heterocycles. The van der Waals surface area contributed by atoms with E-state index >= 15 is 0 Å². The van der Waals surface area contributed by atoms with Gasteiger partial charge in [-0.25, -0.2) is 0 Å². The second kappa shape index (κ2) is 9.13. The van der Waals surface area contributed by atoms with Crippen LogP contribution in [-0.2, 0) is 4.79 Å². The van der Waals surface area contributed by atoms with Crippen molar-refractivity contribution >= 4 is 40.5 Å². The number of carbonyl (C=O) groups is 1. The van der Waals surface area contributed by atoms with Gasteiger partial charge in [0.2, 0.25) is 5.91 Å². The molecule has 0 aliphatic heterocycles. The number of nitrogens with zero attached hydrogens (tertiary/aromatic N) is 1. The molecule has 0 unspecified atom stereocenters. The van der Waals surface area contributed by atoms with Crippen molar-refractivity contribution in [3.63, 3.8) is 0 Å². The Morgan fingerprint density at radius 1 is 1.29 bits per heavy atom. The molecule has 118 valence electrons. The van der Waals surface area contributed by atoms with Gasteiger partial charge in [-0.2, -0.15) is 0 Å². The second-order valence-electron chi connectivity index (χ2n) is 4.94. The molecular weight excluding hydrogens is 309 g/mol. The minimum absolute atomic E-state index is 0.0964. The van der Waals surface area contributed by atoms with Crippen molar-refractivity contribution in [1.82, 2.24) is 4.90 Å². The van der Waals surface area contributed by atoms with Gasteiger partial charge in [0.25, 0.3) is 0 Å². The van der Waals surface area contributed by atoms with E-state index in [0.717, 1.165) is 32.5 Å². The fourth-order valence-electron chi connectivity index (χ4n) is 2.00. The zero-order valence-electron chi connectivity index (χ0n) is 12.6. The van der Waals surface area contributed by atoms with Gasteiger partial charge >= 0.3 is 0 Å². The summed E-state index contributed by atoms with van der Waals surface area (Å²) < 4.78 is 0. The fourth-order valence-corrected chi connectivity index (χ4v) is 2.55. The average molecular weight is 332 g/mol. The number of nitrogens with two attached hydrogens (primary N) is 1. The zero-order chi connectivity index (χ0) is 15.8. The quantitative estimate of drug-likeness (QED) is 0.707. The van der Waals surface area contributed by atoms with Crippen molar-refractivity contribution < 1.29 is 4.79 Å². The van der Waals surface area contributed by atoms with Gasteiger partial charge in [0.05, 0.1) is 16.4 Å². The molecule has 0 radical (unpaired) electrons. The molecule has 0 heterocycles. The van der Waals surface area contributed by atoms with Crippen molar-refractivity contribution in [2.75, 3.05) is 30.7 Å². The molecule has 3 N–H and O–H groups in total. The lowest BCUT2D eigenvalue weighted by molar-refractivity contribution is -0.116. The van der Waals surface area contributed by atoms with Crippen molar-refractivity contribution in [2.45, 2.75) is 33.1 Å². The summed E-state index contributed by atoms with van der Waals surface area (Å²) in [6.45, 7) is 6.95. The SMILES string of the molecule is CCCCN(CC)CCC(=O)Nc1c(N)cc(Cl)cc1Cl. The van der Waals surface area contributed by atoms with Gasteiger partial charge in [0, 0.05) is 18.0 Å². The Labute approximate surface area is 136 Å². The number of carbonyl (C=O) groups excluding carboxylic acids is 1. The maximum atomic E-state index is 12.0. The number of hydrogen-bond acceptors (Lipinski definition) is 3. The molecule has 0 fully saturated rings. The summed E-state index contributed by atoms with van der Waals surface area (Å²) in [4.78, 5) is 14.3. The Balaban J connectivity index is 2.54. The van der Waals surface area contributed by atoms with E-state index in [0.29, 0.717) is 27.8 Å². The first-order valence-electron chi connectivity index (χ1n) is 7.24. The van der Waals surface area contributed by atoms with Crippen LogP contribution in [0.2, 0.25) is 10.0 Å². The topological polar surface area (TPSA) is 58.4 Å². The van der Waals surface area contributed by atoms with E-state index in [1.54, 1.807) is 12.1 Å². The number of halogens is 2. The molecule has 1 aromatic rings. The third kappa shape index (κ3) is 6.12. The van der Waals surface area contributed by atoms with E-state index in [-0.39, 0.29) is 5.91 Å². The van der Waals surface area contributed by atoms with Crippen molar-refractivity contribution in [3.05, 3.63) is 22.2 Å². The predicted molar refractivity (Wildman–Crippen MR) is 91.1 cm³/mol. The molecule has 21 heavy (non-hydrogen) atoms. The summed E-state index contributed by atoms with van der Waals surface area (Å²) >= 11 is 11.9. The number of unbranched alkanes of at least 4 members (excludes halogenated alkanes) is 1. The van der Waals surface area contributed by atoms with Crippen LogP contribution in [0, 0.1) is 0 Å². The number of amides is 1. The lowest BCUT2D eigenvalue weighted by Gasteiger charge is -2.19. The maximum absolute atomic E-state index is 12.0. The highest BCUT2D eigenvalue weighted by Crippen LogP contribution is 2.32. The smallest absolute Gasteiger partial charge is 0.225 e. The predicted octanol–water partition coefficient (Wildman–Crippen LogP) is 4.03. The minimum atomic E-state index is -0.0964. The van der Waals surface area contributed by atoms with Gasteiger partial charge in [-0.05, 0) is 31.6 Å². The molecule has 0 spiro atoms. The standard InChI is InChI=1S/C15H23Cl2N3O/c1-3-5-7-20(4-2)8-6-14(21)19-15-12(17)9-11(16)10-13(15)18/h9-10H,3-8,18H2,1-2H3,(H,19,21). The van der Waals surface area contributed by atoms with E-state index < -0.39 is 0 Å². The molecule has 0 atom stereocenters. The van der Waals surface area contributed by atoms with Gasteiger partial charge in [0.15, 0.2) is 0 Å². The number of nitrogen functional groups attached to an aromatic ring is 1. The Hall–Kier alpha value is -0.970. The molecule has 6 heteroatoms. The van der Waals surface area contributed by atoms with Crippen molar-refractivity contribution in [1.29, 1.82) is 0 Å². The van der Waals surface area contributed by atoms with Gasteiger partial charge in [0.1, 0.15) is 0 Å². The summed E-state index contributed by atoms with van der Waals surface area (Å²) in [5.41, 5.74) is 6.63. The Morgan fingerprint density at radius 2 is 2.00 bits per heavy atom. The van der Waals surface area contributed by atoms with Gasteiger partial charge in [-0.3, -0.25) is 4.79 Å². The van der Waals surface area contributed by atoms with Crippen LogP contribution in [0.3, 0.4) is 0 Å². The largest absolute Gasteiger partial charge is 0.397 e. The Bertz CT molecular complexity index is 457. The molecule has 0 saturated heterocycles. The van der Waals surface area contributed by atoms with Crippen LogP contribution in [0.4, 0.5) is 11.4 Å². The normalized spacial score (nSPS) is 10.9. The maximum Gasteiger partial charge on any atom is 0.225 e. The summed E-state index contributed by atoms with van der Waals surface area (Å²) in [5, 5.41) is 3.56. The molecule has 0 aliphatic rings. The number of benzene rings is 1. The van der Waals surface area contributed by atoms with Crippen LogP contribution in [0.25, 0.3) is 0 Å². The van der Waals surface area contributed by atoms with E-state index in [2.05, 4.69) is 24.1 Å². The molecule has 1 rings (SSSR count). The number of anilines is 2. The molecule has 0 saturated carbocycles. The fraction of sp³-hybridized carbons (Fsp3) is 0.533. The highest BCUT2D eigenvalue weighted by Gasteiger charge is 2.12. The lowest BCUT2D eigenvalue weighted by Crippen LogP contribution is -2.28. The first-order valence-corrected chi connectivity index (χ1v) is 8.00. The zero-order valence-corrected chi connectivity index (χ0v) is 14.1. The summed E-state index contributed by atoms with van der Waals surface area (Å²) in [5.74, 6) is -0.0964. The van der Waals surface area contributed by atoms with E-state index in [9.17, 15) is 4.79 Å². The van der Waals surface area contributed by atoms with Crippen LogP contribution >= 0.6 is 23.2 Å². The van der Waals surface area contributed by atoms with Gasteiger partial charge < -0.3 is 16.0 Å². The van der Waals surface area contributed by atoms with Gasteiger partial charge in [-0.15, -0.1) is 0 Å². The molecule has 1 amide bonds. The van der Waals surface area contributed by atoms with Crippen LogP contribution in [-0.4, -0.2) is 30.4 Å². The van der Waals surface area contributed by atoms with Crippen LogP contribution in [0.5, 0.6) is 0 Å². The van der Waals surface area contributed by atoms with Crippen molar-refractivity contribution in [2.24, 2.45) is 0 Å². The molecule has 1 aromatic carbocycles. The average Bonchev–Trinajstić information content (AvgIpc) is 2.43. The molecule has 0 bridgehead atoms. The van der Waals surface area contributed by atoms with Gasteiger partial charge in [-0.1, -0.05) is 43.5 Å². The van der Waals surface area contributed by atoms with E-state index in [1.807, 2.05) is 0 Å². The molecule has 0 aliphatic carbocycles. The Morgan fingerprint density at radius 3 is 2.57 bits per heavy atom. The van der Waals surface area contributed by atoms with E-state index in [1.165, 1.54) is 0 Å². The van der Waals surface area contributed by atoms with Crippen LogP contribution in [0.1, 0.15) is 33.1 Å². The number of nitrogens with one attached hydrogen (secondary N) is 1. The third-order valence-electron chi connectivity index (χ3n) is 3.28. The summed E-state index contributed by atoms with van der Waals surface area (Å²) in [6, 6.07) is 3.14. The second-order valence-corrected chi connectivity index (χ2v) is 5.78. The lowest BCUT2D eigenvalue weighted by atomic mass is 10.2. The number of hydrogen-bond donors (Lipinski definition) is 2. The third-order valence-corrected chi connectivity index (χ3v) is 3.80. The monoisotopic (exact) mass is 331 g/mol. The highest BCUT2D eigenvalue weighted by molar-refractivity contribution is 6.37. The van der Waals surface area contributed by atoms with Crippen LogP contribution < -0.4 is 11.1 Å². The molecular formula is C15H23Cl2N3O. The van der Waals surface area contributed by atoms with E-state index in [4.69, 9.17) is 28.9 Å². The summed E-state index contributed by atoms with van der Waals surface area (Å²) in [7, 11) is 0. The first kappa shape index (κ1) is 18.1. The number of rotatable bonds is 8. The summed E-state index contributed by atoms with van der Waals surface area (Å²) in [6.07, 6.45) is 2.71.